The standard InChI is InChI=1S/C18H15N3O2S2/c1-12-20-16(11-24-12)14-8-6-13(7-9-14)10-19-18-15-4-2-3-5-17(15)25(22,23)21-18/h2-9,11H,10H2,1H3,(H,19,21). The third kappa shape index (κ3) is 3.08. The van der Waals surface area contributed by atoms with Gasteiger partial charge >= 0.3 is 0 Å². The van der Waals surface area contributed by atoms with Gasteiger partial charge < -0.3 is 0 Å². The second-order valence-corrected chi connectivity index (χ2v) is 8.43. The summed E-state index contributed by atoms with van der Waals surface area (Å²) in [6, 6.07) is 14.9. The summed E-state index contributed by atoms with van der Waals surface area (Å²) >= 11 is 1.63. The first-order valence-corrected chi connectivity index (χ1v) is 10.1. The molecule has 0 aliphatic carbocycles. The van der Waals surface area contributed by atoms with Crippen LogP contribution in [-0.4, -0.2) is 19.2 Å². The number of benzene rings is 2. The van der Waals surface area contributed by atoms with Gasteiger partial charge in [0.2, 0.25) is 0 Å². The Balaban J connectivity index is 1.57. The quantitative estimate of drug-likeness (QED) is 0.769. The Kier molecular flexibility index (Phi) is 3.89. The van der Waals surface area contributed by atoms with Gasteiger partial charge in [0.25, 0.3) is 10.0 Å². The second-order valence-electron chi connectivity index (χ2n) is 5.72. The topological polar surface area (TPSA) is 71.4 Å². The van der Waals surface area contributed by atoms with E-state index in [0.29, 0.717) is 17.9 Å². The Bertz CT molecular complexity index is 1070. The van der Waals surface area contributed by atoms with Crippen molar-refractivity contribution >= 4 is 27.2 Å². The third-order valence-corrected chi connectivity index (χ3v) is 6.12. The summed E-state index contributed by atoms with van der Waals surface area (Å²) in [4.78, 5) is 9.21. The van der Waals surface area contributed by atoms with Crippen LogP contribution in [0.2, 0.25) is 0 Å². The van der Waals surface area contributed by atoms with E-state index in [4.69, 9.17) is 0 Å². The van der Waals surface area contributed by atoms with Crippen LogP contribution in [0.1, 0.15) is 16.1 Å². The highest BCUT2D eigenvalue weighted by Crippen LogP contribution is 2.24. The zero-order valence-electron chi connectivity index (χ0n) is 13.4. The summed E-state index contributed by atoms with van der Waals surface area (Å²) < 4.78 is 26.7. The van der Waals surface area contributed by atoms with E-state index in [9.17, 15) is 8.42 Å². The third-order valence-electron chi connectivity index (χ3n) is 3.95. The van der Waals surface area contributed by atoms with Gasteiger partial charge in [-0.05, 0) is 24.6 Å². The molecule has 0 bridgehead atoms. The number of nitrogens with zero attached hydrogens (tertiary/aromatic N) is 2. The van der Waals surface area contributed by atoms with Crippen molar-refractivity contribution in [1.82, 2.24) is 9.71 Å². The minimum Gasteiger partial charge on any atom is -0.263 e. The van der Waals surface area contributed by atoms with Crippen LogP contribution in [0.25, 0.3) is 11.3 Å². The van der Waals surface area contributed by atoms with Crippen LogP contribution in [0, 0.1) is 6.92 Å². The highest BCUT2D eigenvalue weighted by Gasteiger charge is 2.29. The molecule has 2 heterocycles. The van der Waals surface area contributed by atoms with Crippen molar-refractivity contribution in [3.05, 3.63) is 70.0 Å². The van der Waals surface area contributed by atoms with Crippen LogP contribution in [0.5, 0.6) is 0 Å². The SMILES string of the molecule is Cc1nc(-c2ccc(CN=C3NS(=O)(=O)c4ccccc43)cc2)cs1. The molecule has 1 aliphatic heterocycles. The van der Waals surface area contributed by atoms with E-state index in [1.54, 1.807) is 29.5 Å². The number of nitrogens with one attached hydrogen (secondary N) is 1. The first kappa shape index (κ1) is 16.0. The van der Waals surface area contributed by atoms with E-state index >= 15 is 0 Å². The lowest BCUT2D eigenvalue weighted by atomic mass is 10.1. The van der Waals surface area contributed by atoms with Crippen LogP contribution < -0.4 is 4.72 Å². The monoisotopic (exact) mass is 369 g/mol. The molecular weight excluding hydrogens is 354 g/mol. The lowest BCUT2D eigenvalue weighted by Crippen LogP contribution is -2.22. The summed E-state index contributed by atoms with van der Waals surface area (Å²) in [5.74, 6) is 0.398. The molecule has 4 rings (SSSR count). The van der Waals surface area contributed by atoms with Crippen LogP contribution in [0.15, 0.2) is 63.8 Å². The minimum absolute atomic E-state index is 0.281. The molecule has 0 saturated heterocycles. The molecular formula is C18H15N3O2S2. The van der Waals surface area contributed by atoms with Gasteiger partial charge in [-0.1, -0.05) is 36.4 Å². The molecule has 0 atom stereocenters. The summed E-state index contributed by atoms with van der Waals surface area (Å²) in [5.41, 5.74) is 3.66. The van der Waals surface area contributed by atoms with Crippen LogP contribution >= 0.6 is 11.3 Å². The first-order chi connectivity index (χ1) is 12.0. The van der Waals surface area contributed by atoms with Gasteiger partial charge in [-0.2, -0.15) is 0 Å². The van der Waals surface area contributed by atoms with Gasteiger partial charge in [-0.25, -0.2) is 13.4 Å². The first-order valence-electron chi connectivity index (χ1n) is 7.71. The number of hydrogen-bond donors (Lipinski definition) is 1. The highest BCUT2D eigenvalue weighted by atomic mass is 32.2. The zero-order valence-corrected chi connectivity index (χ0v) is 15.1. The van der Waals surface area contributed by atoms with Crippen molar-refractivity contribution in [2.45, 2.75) is 18.4 Å². The average Bonchev–Trinajstić information content (AvgIpc) is 3.15. The van der Waals surface area contributed by atoms with Crippen molar-refractivity contribution in [2.75, 3.05) is 0 Å². The Hall–Kier alpha value is -2.51. The molecule has 0 fully saturated rings. The number of aryl methyl sites for hydroxylation is 1. The fourth-order valence-corrected chi connectivity index (χ4v) is 4.57. The number of aliphatic imine (C=N–C) groups is 1. The number of thiazole rings is 1. The number of amidine groups is 1. The predicted molar refractivity (Wildman–Crippen MR) is 99.3 cm³/mol. The largest absolute Gasteiger partial charge is 0.263 e. The van der Waals surface area contributed by atoms with E-state index in [-0.39, 0.29) is 4.90 Å². The van der Waals surface area contributed by atoms with Crippen molar-refractivity contribution in [2.24, 2.45) is 4.99 Å². The second kappa shape index (κ2) is 6.09. The van der Waals surface area contributed by atoms with Gasteiger partial charge in [-0.15, -0.1) is 11.3 Å². The minimum atomic E-state index is -3.49. The molecule has 0 radical (unpaired) electrons. The Morgan fingerprint density at radius 1 is 1.12 bits per heavy atom. The van der Waals surface area contributed by atoms with E-state index in [1.807, 2.05) is 42.6 Å². The average molecular weight is 369 g/mol. The predicted octanol–water partition coefficient (Wildman–Crippen LogP) is 3.36. The number of hydrogen-bond acceptors (Lipinski definition) is 5. The fraction of sp³-hybridized carbons (Fsp3) is 0.111. The zero-order chi connectivity index (χ0) is 17.4. The molecule has 2 aromatic carbocycles. The Labute approximate surface area is 150 Å². The summed E-state index contributed by atoms with van der Waals surface area (Å²) in [5, 5.41) is 3.08. The molecule has 25 heavy (non-hydrogen) atoms. The molecule has 7 heteroatoms. The summed E-state index contributed by atoms with van der Waals surface area (Å²) in [6.07, 6.45) is 0. The lowest BCUT2D eigenvalue weighted by Gasteiger charge is -2.02. The van der Waals surface area contributed by atoms with Crippen molar-refractivity contribution in [3.8, 4) is 11.3 Å². The molecule has 0 spiro atoms. The number of aromatic nitrogens is 1. The maximum absolute atomic E-state index is 12.1. The normalized spacial score (nSPS) is 16.6. The van der Waals surface area contributed by atoms with Crippen molar-refractivity contribution in [1.29, 1.82) is 0 Å². The Morgan fingerprint density at radius 3 is 2.60 bits per heavy atom. The van der Waals surface area contributed by atoms with E-state index in [2.05, 4.69) is 14.7 Å². The van der Waals surface area contributed by atoms with Gasteiger partial charge in [-0.3, -0.25) is 9.71 Å². The van der Waals surface area contributed by atoms with E-state index < -0.39 is 10.0 Å². The van der Waals surface area contributed by atoms with E-state index in [0.717, 1.165) is 21.8 Å². The van der Waals surface area contributed by atoms with E-state index in [1.165, 1.54) is 0 Å². The van der Waals surface area contributed by atoms with Crippen molar-refractivity contribution < 1.29 is 8.42 Å². The molecule has 1 N–H and O–H groups in total. The van der Waals surface area contributed by atoms with Gasteiger partial charge in [0, 0.05) is 16.5 Å². The van der Waals surface area contributed by atoms with Crippen molar-refractivity contribution in [3.63, 3.8) is 0 Å². The molecule has 0 amide bonds. The van der Waals surface area contributed by atoms with Crippen LogP contribution in [0.3, 0.4) is 0 Å². The fourth-order valence-electron chi connectivity index (χ4n) is 2.70. The molecule has 0 saturated carbocycles. The molecule has 5 nitrogen and oxygen atoms in total. The summed E-state index contributed by atoms with van der Waals surface area (Å²) in [7, 11) is -3.49. The maximum atomic E-state index is 12.1. The number of sulfonamides is 1. The molecule has 3 aromatic rings. The smallest absolute Gasteiger partial charge is 0.263 e. The van der Waals surface area contributed by atoms with Gasteiger partial charge in [0.1, 0.15) is 5.84 Å². The number of fused-ring (bicyclic) bond motifs is 1. The lowest BCUT2D eigenvalue weighted by molar-refractivity contribution is 0.595. The molecule has 1 aromatic heterocycles. The van der Waals surface area contributed by atoms with Gasteiger partial charge in [0.15, 0.2) is 0 Å². The highest BCUT2D eigenvalue weighted by molar-refractivity contribution is 7.90. The maximum Gasteiger partial charge on any atom is 0.263 e. The molecule has 126 valence electrons. The van der Waals surface area contributed by atoms with Crippen LogP contribution in [-0.2, 0) is 16.6 Å². The molecule has 1 aliphatic rings. The summed E-state index contributed by atoms with van der Waals surface area (Å²) in [6.45, 7) is 2.39. The van der Waals surface area contributed by atoms with Crippen LogP contribution in [0.4, 0.5) is 0 Å². The Morgan fingerprint density at radius 2 is 1.88 bits per heavy atom. The number of rotatable bonds is 3. The molecule has 0 unspecified atom stereocenters. The van der Waals surface area contributed by atoms with Gasteiger partial charge in [0.05, 0.1) is 22.1 Å².